The molecule has 5 heteroatoms. The number of ether oxygens (including phenoxy) is 1. The molecule has 2 fully saturated rings. The van der Waals surface area contributed by atoms with Crippen molar-refractivity contribution in [1.82, 2.24) is 15.1 Å². The van der Waals surface area contributed by atoms with Crippen LogP contribution in [0.4, 0.5) is 0 Å². The molecule has 2 heterocycles. The molecule has 2 rings (SSSR count). The van der Waals surface area contributed by atoms with Crippen LogP contribution in [0.15, 0.2) is 0 Å². The number of carbonyl (C=O) groups is 1. The molecule has 2 saturated heterocycles. The third-order valence-corrected chi connectivity index (χ3v) is 4.05. The molecule has 0 aromatic carbocycles. The van der Waals surface area contributed by atoms with Gasteiger partial charge in [-0.1, -0.05) is 6.92 Å². The molecule has 1 amide bonds. The minimum absolute atomic E-state index is 0.139. The van der Waals surface area contributed by atoms with Crippen LogP contribution in [0.25, 0.3) is 0 Å². The molecule has 0 aliphatic carbocycles. The Labute approximate surface area is 116 Å². The quantitative estimate of drug-likeness (QED) is 0.780. The average molecular weight is 269 g/mol. The predicted octanol–water partition coefficient (Wildman–Crippen LogP) is 0.309. The van der Waals surface area contributed by atoms with Crippen LogP contribution in [0.3, 0.4) is 0 Å². The molecule has 1 N–H and O–H groups in total. The summed E-state index contributed by atoms with van der Waals surface area (Å²) < 4.78 is 5.51. The summed E-state index contributed by atoms with van der Waals surface area (Å²) in [5.41, 5.74) is 0. The first kappa shape index (κ1) is 14.8. The Hall–Kier alpha value is -0.650. The van der Waals surface area contributed by atoms with Gasteiger partial charge in [-0.25, -0.2) is 0 Å². The van der Waals surface area contributed by atoms with E-state index in [-0.39, 0.29) is 12.0 Å². The van der Waals surface area contributed by atoms with Gasteiger partial charge in [-0.05, 0) is 38.9 Å². The molecular weight excluding hydrogens is 242 g/mol. The third kappa shape index (κ3) is 5.09. The highest BCUT2D eigenvalue weighted by Crippen LogP contribution is 2.10. The highest BCUT2D eigenvalue weighted by molar-refractivity contribution is 5.78. The summed E-state index contributed by atoms with van der Waals surface area (Å²) in [4.78, 5) is 16.6. The van der Waals surface area contributed by atoms with Crippen molar-refractivity contribution in [2.75, 3.05) is 52.4 Å². The molecule has 0 saturated carbocycles. The minimum Gasteiger partial charge on any atom is -0.376 e. The smallest absolute Gasteiger partial charge is 0.234 e. The Kier molecular flexibility index (Phi) is 6.07. The van der Waals surface area contributed by atoms with Crippen molar-refractivity contribution in [2.24, 2.45) is 0 Å². The first-order valence-electron chi connectivity index (χ1n) is 7.61. The monoisotopic (exact) mass is 269 g/mol. The van der Waals surface area contributed by atoms with Crippen LogP contribution in [0.2, 0.25) is 0 Å². The first-order valence-corrected chi connectivity index (χ1v) is 7.61. The Morgan fingerprint density at radius 2 is 2.00 bits per heavy atom. The lowest BCUT2D eigenvalue weighted by Gasteiger charge is -2.20. The molecule has 2 aliphatic heterocycles. The van der Waals surface area contributed by atoms with E-state index in [4.69, 9.17) is 4.74 Å². The number of amides is 1. The Balaban J connectivity index is 1.63. The summed E-state index contributed by atoms with van der Waals surface area (Å²) >= 11 is 0. The predicted molar refractivity (Wildman–Crippen MR) is 75.2 cm³/mol. The lowest BCUT2D eigenvalue weighted by molar-refractivity contribution is -0.122. The van der Waals surface area contributed by atoms with Gasteiger partial charge in [0.05, 0.1) is 12.6 Å². The summed E-state index contributed by atoms with van der Waals surface area (Å²) in [6, 6.07) is 0. The molecule has 0 radical (unpaired) electrons. The fraction of sp³-hybridized carbons (Fsp3) is 0.929. The van der Waals surface area contributed by atoms with Crippen LogP contribution < -0.4 is 5.32 Å². The highest BCUT2D eigenvalue weighted by atomic mass is 16.5. The molecule has 0 aromatic heterocycles. The number of nitrogens with one attached hydrogen (secondary N) is 1. The lowest BCUT2D eigenvalue weighted by atomic mass is 10.2. The van der Waals surface area contributed by atoms with Gasteiger partial charge < -0.3 is 15.0 Å². The first-order chi connectivity index (χ1) is 9.28. The minimum atomic E-state index is 0.139. The zero-order valence-electron chi connectivity index (χ0n) is 12.1. The molecule has 1 atom stereocenters. The second-order valence-electron chi connectivity index (χ2n) is 5.50. The fourth-order valence-electron chi connectivity index (χ4n) is 2.79. The third-order valence-electron chi connectivity index (χ3n) is 4.05. The molecule has 2 aliphatic rings. The van der Waals surface area contributed by atoms with Crippen molar-refractivity contribution in [3.63, 3.8) is 0 Å². The number of rotatable bonds is 5. The van der Waals surface area contributed by atoms with E-state index >= 15 is 0 Å². The maximum Gasteiger partial charge on any atom is 0.234 e. The highest BCUT2D eigenvalue weighted by Gasteiger charge is 2.18. The molecule has 110 valence electrons. The van der Waals surface area contributed by atoms with Gasteiger partial charge in [0.2, 0.25) is 5.91 Å². The largest absolute Gasteiger partial charge is 0.376 e. The molecular formula is C14H27N3O2. The van der Waals surface area contributed by atoms with Crippen LogP contribution in [-0.2, 0) is 9.53 Å². The van der Waals surface area contributed by atoms with Crippen LogP contribution in [0.5, 0.6) is 0 Å². The van der Waals surface area contributed by atoms with E-state index in [1.54, 1.807) is 0 Å². The van der Waals surface area contributed by atoms with E-state index in [9.17, 15) is 4.79 Å². The van der Waals surface area contributed by atoms with Crippen LogP contribution in [-0.4, -0.2) is 74.2 Å². The second-order valence-corrected chi connectivity index (χ2v) is 5.50. The van der Waals surface area contributed by atoms with Crippen molar-refractivity contribution < 1.29 is 9.53 Å². The zero-order valence-corrected chi connectivity index (χ0v) is 12.1. The molecule has 0 unspecified atom stereocenters. The van der Waals surface area contributed by atoms with Gasteiger partial charge in [0.1, 0.15) is 0 Å². The topological polar surface area (TPSA) is 44.8 Å². The van der Waals surface area contributed by atoms with Gasteiger partial charge in [0.25, 0.3) is 0 Å². The Morgan fingerprint density at radius 3 is 2.74 bits per heavy atom. The number of likely N-dealkylation sites (N-methyl/N-ethyl adjacent to an activating group) is 1. The van der Waals surface area contributed by atoms with E-state index in [2.05, 4.69) is 22.0 Å². The van der Waals surface area contributed by atoms with E-state index < -0.39 is 0 Å². The Bertz CT molecular complexity index is 280. The normalized spacial score (nSPS) is 26.3. The number of nitrogens with zero attached hydrogens (tertiary/aromatic N) is 2. The number of hydrogen-bond acceptors (Lipinski definition) is 4. The van der Waals surface area contributed by atoms with Crippen molar-refractivity contribution in [2.45, 2.75) is 32.3 Å². The second kappa shape index (κ2) is 7.82. The maximum atomic E-state index is 11.9. The summed E-state index contributed by atoms with van der Waals surface area (Å²) in [7, 11) is 0. The van der Waals surface area contributed by atoms with E-state index in [0.717, 1.165) is 58.6 Å². The molecule has 0 aromatic rings. The van der Waals surface area contributed by atoms with Crippen LogP contribution >= 0.6 is 0 Å². The standard InChI is InChI=1S/C14H27N3O2/c1-2-16-6-4-7-17(9-8-16)12-14(18)15-11-13-5-3-10-19-13/h13H,2-12H2,1H3,(H,15,18)/t13-/m0/s1. The van der Waals surface area contributed by atoms with Gasteiger partial charge in [-0.2, -0.15) is 0 Å². The summed E-state index contributed by atoms with van der Waals surface area (Å²) in [5, 5.41) is 3.00. The fourth-order valence-corrected chi connectivity index (χ4v) is 2.79. The van der Waals surface area contributed by atoms with Gasteiger partial charge >= 0.3 is 0 Å². The van der Waals surface area contributed by atoms with Crippen LogP contribution in [0, 0.1) is 0 Å². The molecule has 5 nitrogen and oxygen atoms in total. The Morgan fingerprint density at radius 1 is 1.21 bits per heavy atom. The van der Waals surface area contributed by atoms with E-state index in [0.29, 0.717) is 13.1 Å². The summed E-state index contributed by atoms with van der Waals surface area (Å²) in [5.74, 6) is 0.139. The van der Waals surface area contributed by atoms with Gasteiger partial charge in [0, 0.05) is 26.2 Å². The van der Waals surface area contributed by atoms with Gasteiger partial charge in [-0.15, -0.1) is 0 Å². The lowest BCUT2D eigenvalue weighted by Crippen LogP contribution is -2.41. The van der Waals surface area contributed by atoms with Crippen molar-refractivity contribution in [3.05, 3.63) is 0 Å². The van der Waals surface area contributed by atoms with Crippen molar-refractivity contribution in [3.8, 4) is 0 Å². The average Bonchev–Trinajstić information content (AvgIpc) is 2.83. The SMILES string of the molecule is CCN1CCCN(CC(=O)NC[C@@H]2CCCO2)CC1. The van der Waals surface area contributed by atoms with Crippen molar-refractivity contribution in [1.29, 1.82) is 0 Å². The maximum absolute atomic E-state index is 11.9. The molecule has 0 spiro atoms. The summed E-state index contributed by atoms with van der Waals surface area (Å²) in [6.45, 7) is 9.63. The van der Waals surface area contributed by atoms with Gasteiger partial charge in [0.15, 0.2) is 0 Å². The zero-order chi connectivity index (χ0) is 13.5. The summed E-state index contributed by atoms with van der Waals surface area (Å²) in [6.07, 6.45) is 3.60. The number of hydrogen-bond donors (Lipinski definition) is 1. The van der Waals surface area contributed by atoms with Crippen molar-refractivity contribution >= 4 is 5.91 Å². The molecule has 19 heavy (non-hydrogen) atoms. The van der Waals surface area contributed by atoms with E-state index in [1.807, 2.05) is 0 Å². The van der Waals surface area contributed by atoms with E-state index in [1.165, 1.54) is 0 Å². The molecule has 0 bridgehead atoms. The van der Waals surface area contributed by atoms with Crippen LogP contribution in [0.1, 0.15) is 26.2 Å². The number of carbonyl (C=O) groups excluding carboxylic acids is 1. The van der Waals surface area contributed by atoms with Gasteiger partial charge in [-0.3, -0.25) is 9.69 Å².